The van der Waals surface area contributed by atoms with Crippen molar-refractivity contribution in [3.05, 3.63) is 0 Å². The summed E-state index contributed by atoms with van der Waals surface area (Å²) in [7, 11) is 0. The van der Waals surface area contributed by atoms with Crippen molar-refractivity contribution in [3.8, 4) is 0 Å². The van der Waals surface area contributed by atoms with Gasteiger partial charge in [0.15, 0.2) is 0 Å². The summed E-state index contributed by atoms with van der Waals surface area (Å²) in [4.78, 5) is 41.0. The van der Waals surface area contributed by atoms with Crippen LogP contribution in [0, 0.1) is 5.92 Å². The molecule has 1 rings (SSSR count). The van der Waals surface area contributed by atoms with Crippen LogP contribution in [0.4, 0.5) is 4.79 Å². The van der Waals surface area contributed by atoms with Gasteiger partial charge in [0.2, 0.25) is 5.91 Å². The molecule has 0 aliphatic carbocycles. The summed E-state index contributed by atoms with van der Waals surface area (Å²) in [6.45, 7) is 15.3. The van der Waals surface area contributed by atoms with E-state index in [1.54, 1.807) is 25.7 Å². The summed E-state index contributed by atoms with van der Waals surface area (Å²) in [6, 6.07) is -0.770. The molecular weight excluding hydrogens is 464 g/mol. The Balaban J connectivity index is 3.18. The van der Waals surface area contributed by atoms with E-state index in [1.165, 1.54) is 0 Å². The molecule has 7 nitrogen and oxygen atoms in total. The Bertz CT molecular complexity index is 639. The molecule has 1 aliphatic rings. The minimum atomic E-state index is -1.03. The molecule has 0 saturated carbocycles. The lowest BCUT2D eigenvalue weighted by molar-refractivity contribution is -0.160. The number of carbonyl (C=O) groups excluding carboxylic acids is 3. The van der Waals surface area contributed by atoms with Crippen molar-refractivity contribution in [1.82, 2.24) is 10.2 Å². The Morgan fingerprint density at radius 3 is 2.13 bits per heavy atom. The number of nitrogens with zero attached hydrogens (tertiary/aromatic N) is 1. The average Bonchev–Trinajstić information content (AvgIpc) is 3.01. The molecule has 180 valence electrons. The molecule has 1 fully saturated rings. The quantitative estimate of drug-likeness (QED) is 0.378. The zero-order valence-electron chi connectivity index (χ0n) is 20.5. The molecule has 31 heavy (non-hydrogen) atoms. The third kappa shape index (κ3) is 8.62. The first-order chi connectivity index (χ1) is 14.1. The summed E-state index contributed by atoms with van der Waals surface area (Å²) in [5, 5.41) is 3.65. The van der Waals surface area contributed by atoms with Crippen LogP contribution >= 0.6 is 15.9 Å². The van der Waals surface area contributed by atoms with Gasteiger partial charge in [0.05, 0.1) is 0 Å². The molecule has 1 aliphatic heterocycles. The third-order valence-corrected chi connectivity index (χ3v) is 5.51. The number of likely N-dealkylation sites (tertiary alicyclic amines) is 1. The highest BCUT2D eigenvalue weighted by Gasteiger charge is 2.51. The van der Waals surface area contributed by atoms with Crippen LogP contribution in [-0.4, -0.2) is 57.5 Å². The van der Waals surface area contributed by atoms with Crippen molar-refractivity contribution in [1.29, 1.82) is 0 Å². The molecule has 0 radical (unpaired) electrons. The lowest BCUT2D eigenvalue weighted by Crippen LogP contribution is -2.61. The van der Waals surface area contributed by atoms with Crippen molar-refractivity contribution in [3.63, 3.8) is 0 Å². The van der Waals surface area contributed by atoms with E-state index in [1.807, 2.05) is 34.6 Å². The standard InChI is InChI=1S/C23H41BrN2O5/c1-16(2)15-17(18(27)30-21(3,4)5)25-19(28)23(11-9-13-24)12-10-14-26(23)20(29)31-22(6,7)8/h16-17H,9-15H2,1-8H3,(H,25,28)/t17-,23-/m0/s1. The van der Waals surface area contributed by atoms with E-state index in [2.05, 4.69) is 21.2 Å². The molecule has 0 unspecified atom stereocenters. The monoisotopic (exact) mass is 504 g/mol. The number of nitrogens with one attached hydrogen (secondary N) is 1. The topological polar surface area (TPSA) is 84.9 Å². The minimum Gasteiger partial charge on any atom is -0.458 e. The van der Waals surface area contributed by atoms with Gasteiger partial charge < -0.3 is 14.8 Å². The number of esters is 1. The zero-order valence-corrected chi connectivity index (χ0v) is 22.1. The highest BCUT2D eigenvalue weighted by atomic mass is 79.9. The van der Waals surface area contributed by atoms with E-state index in [0.717, 1.165) is 0 Å². The maximum Gasteiger partial charge on any atom is 0.411 e. The number of ether oxygens (including phenoxy) is 2. The van der Waals surface area contributed by atoms with Crippen molar-refractivity contribution in [2.75, 3.05) is 11.9 Å². The molecule has 1 saturated heterocycles. The normalized spacial score (nSPS) is 20.5. The lowest BCUT2D eigenvalue weighted by atomic mass is 9.88. The van der Waals surface area contributed by atoms with Crippen LogP contribution in [0.15, 0.2) is 0 Å². The highest BCUT2D eigenvalue weighted by molar-refractivity contribution is 9.09. The molecule has 2 amide bonds. The predicted octanol–water partition coefficient (Wildman–Crippen LogP) is 4.80. The van der Waals surface area contributed by atoms with Crippen LogP contribution in [0.5, 0.6) is 0 Å². The number of amides is 2. The van der Waals surface area contributed by atoms with Gasteiger partial charge >= 0.3 is 12.1 Å². The highest BCUT2D eigenvalue weighted by Crippen LogP contribution is 2.36. The van der Waals surface area contributed by atoms with Gasteiger partial charge in [-0.25, -0.2) is 9.59 Å². The van der Waals surface area contributed by atoms with Gasteiger partial charge in [-0.1, -0.05) is 29.8 Å². The molecular formula is C23H41BrN2O5. The molecule has 2 atom stereocenters. The van der Waals surface area contributed by atoms with Crippen molar-refractivity contribution < 1.29 is 23.9 Å². The fourth-order valence-corrected chi connectivity index (χ4v) is 4.06. The zero-order chi connectivity index (χ0) is 24.0. The van der Waals surface area contributed by atoms with Gasteiger partial charge in [-0.2, -0.15) is 0 Å². The van der Waals surface area contributed by atoms with Gasteiger partial charge in [-0.15, -0.1) is 0 Å². The number of hydrogen-bond acceptors (Lipinski definition) is 5. The number of alkyl halides is 1. The van der Waals surface area contributed by atoms with Gasteiger partial charge in [-0.3, -0.25) is 9.69 Å². The molecule has 0 aromatic heterocycles. The first-order valence-electron chi connectivity index (χ1n) is 11.2. The van der Waals surface area contributed by atoms with Crippen LogP contribution in [-0.2, 0) is 19.1 Å². The first kappa shape index (κ1) is 27.7. The Kier molecular flexibility index (Phi) is 9.85. The van der Waals surface area contributed by atoms with Crippen LogP contribution in [0.1, 0.15) is 87.5 Å². The molecule has 0 aromatic rings. The van der Waals surface area contributed by atoms with E-state index < -0.39 is 34.8 Å². The average molecular weight is 505 g/mol. The van der Waals surface area contributed by atoms with Gasteiger partial charge in [0.1, 0.15) is 22.8 Å². The van der Waals surface area contributed by atoms with Crippen molar-refractivity contribution in [2.24, 2.45) is 5.92 Å². The summed E-state index contributed by atoms with van der Waals surface area (Å²) in [5.74, 6) is -0.581. The second kappa shape index (κ2) is 11.0. The molecule has 0 bridgehead atoms. The van der Waals surface area contributed by atoms with Crippen molar-refractivity contribution in [2.45, 2.75) is 110 Å². The molecule has 0 spiro atoms. The number of halogens is 1. The molecule has 8 heteroatoms. The fraction of sp³-hybridized carbons (Fsp3) is 0.870. The lowest BCUT2D eigenvalue weighted by Gasteiger charge is -2.39. The smallest absolute Gasteiger partial charge is 0.411 e. The molecule has 1 N–H and O–H groups in total. The first-order valence-corrected chi connectivity index (χ1v) is 12.3. The van der Waals surface area contributed by atoms with Gasteiger partial charge in [0, 0.05) is 11.9 Å². The summed E-state index contributed by atoms with van der Waals surface area (Å²) in [5.41, 5.74) is -2.35. The fourth-order valence-electron chi connectivity index (χ4n) is 3.78. The maximum absolute atomic E-state index is 13.6. The van der Waals surface area contributed by atoms with E-state index in [9.17, 15) is 14.4 Å². The van der Waals surface area contributed by atoms with Crippen LogP contribution in [0.2, 0.25) is 0 Å². The van der Waals surface area contributed by atoms with Crippen molar-refractivity contribution >= 4 is 33.9 Å². The molecule has 0 aromatic carbocycles. The van der Waals surface area contributed by atoms with Gasteiger partial charge in [0.25, 0.3) is 0 Å². The predicted molar refractivity (Wildman–Crippen MR) is 125 cm³/mol. The Labute approximate surface area is 196 Å². The number of rotatable bonds is 8. The molecule has 1 heterocycles. The van der Waals surface area contributed by atoms with Crippen LogP contribution < -0.4 is 5.32 Å². The van der Waals surface area contributed by atoms with Gasteiger partial charge in [-0.05, 0) is 79.6 Å². The maximum atomic E-state index is 13.6. The van der Waals surface area contributed by atoms with Crippen LogP contribution in [0.25, 0.3) is 0 Å². The Hall–Kier alpha value is -1.31. The number of carbonyl (C=O) groups is 3. The summed E-state index contributed by atoms with van der Waals surface area (Å²) in [6.07, 6.45) is 2.42. The summed E-state index contributed by atoms with van der Waals surface area (Å²) < 4.78 is 11.1. The number of hydrogen-bond donors (Lipinski definition) is 1. The Morgan fingerprint density at radius 1 is 1.06 bits per heavy atom. The van der Waals surface area contributed by atoms with E-state index in [0.29, 0.717) is 44.0 Å². The largest absolute Gasteiger partial charge is 0.458 e. The van der Waals surface area contributed by atoms with E-state index >= 15 is 0 Å². The third-order valence-electron chi connectivity index (χ3n) is 4.95. The van der Waals surface area contributed by atoms with E-state index in [4.69, 9.17) is 9.47 Å². The second-order valence-corrected chi connectivity index (χ2v) is 11.5. The summed E-state index contributed by atoms with van der Waals surface area (Å²) >= 11 is 3.44. The van der Waals surface area contributed by atoms with E-state index in [-0.39, 0.29) is 11.8 Å². The van der Waals surface area contributed by atoms with Crippen LogP contribution in [0.3, 0.4) is 0 Å². The SMILES string of the molecule is CC(C)C[C@H](NC(=O)[C@]1(CCCBr)CCCN1C(=O)OC(C)(C)C)C(=O)OC(C)(C)C. The Morgan fingerprint density at radius 2 is 1.65 bits per heavy atom. The minimum absolute atomic E-state index is 0.182. The second-order valence-electron chi connectivity index (χ2n) is 10.7.